The van der Waals surface area contributed by atoms with E-state index < -0.39 is 16.0 Å². The third-order valence-corrected chi connectivity index (χ3v) is 6.17. The van der Waals surface area contributed by atoms with Gasteiger partial charge >= 0.3 is 5.97 Å². The van der Waals surface area contributed by atoms with Gasteiger partial charge in [0.1, 0.15) is 5.75 Å². The minimum absolute atomic E-state index is 0.162. The molecular weight excluding hydrogens is 392 g/mol. The fraction of sp³-hybridized carbons (Fsp3) is 0.300. The topological polar surface area (TPSA) is 126 Å². The van der Waals surface area contributed by atoms with Crippen LogP contribution in [0.5, 0.6) is 5.75 Å². The van der Waals surface area contributed by atoms with Crippen LogP contribution >= 0.6 is 0 Å². The van der Waals surface area contributed by atoms with Crippen LogP contribution in [0.3, 0.4) is 0 Å². The van der Waals surface area contributed by atoms with Gasteiger partial charge in [-0.3, -0.25) is 5.41 Å². The number of carbonyl (C=O) groups is 1. The molecule has 2 aromatic carbocycles. The molecule has 0 aliphatic rings. The van der Waals surface area contributed by atoms with Crippen molar-refractivity contribution in [3.05, 3.63) is 54.1 Å². The lowest BCUT2D eigenvalue weighted by Crippen LogP contribution is -2.31. The highest BCUT2D eigenvalue weighted by atomic mass is 32.2. The van der Waals surface area contributed by atoms with Crippen LogP contribution in [0.25, 0.3) is 0 Å². The van der Waals surface area contributed by atoms with E-state index in [4.69, 9.17) is 15.9 Å². The maximum Gasteiger partial charge on any atom is 0.343 e. The first-order chi connectivity index (χ1) is 13.8. The summed E-state index contributed by atoms with van der Waals surface area (Å²) in [7, 11) is -3.58. The second-order valence-corrected chi connectivity index (χ2v) is 8.27. The van der Waals surface area contributed by atoms with E-state index >= 15 is 0 Å². The molecule has 0 fully saturated rings. The van der Waals surface area contributed by atoms with Gasteiger partial charge < -0.3 is 15.8 Å². The number of guanidine groups is 1. The Balaban J connectivity index is 2.08. The Morgan fingerprint density at radius 1 is 1.10 bits per heavy atom. The van der Waals surface area contributed by atoms with Crippen LogP contribution in [0.1, 0.15) is 37.0 Å². The number of carbonyl (C=O) groups excluding carboxylic acids is 1. The Bertz CT molecular complexity index is 941. The lowest BCUT2D eigenvalue weighted by atomic mass is 10.2. The van der Waals surface area contributed by atoms with Crippen molar-refractivity contribution >= 4 is 27.6 Å². The summed E-state index contributed by atoms with van der Waals surface area (Å²) in [5.74, 6) is -0.531. The molecule has 0 saturated heterocycles. The smallest absolute Gasteiger partial charge is 0.343 e. The third kappa shape index (κ3) is 6.03. The molecule has 2 aromatic rings. The van der Waals surface area contributed by atoms with E-state index in [2.05, 4.69) is 5.32 Å². The quantitative estimate of drug-likeness (QED) is 0.249. The molecule has 4 N–H and O–H groups in total. The zero-order chi connectivity index (χ0) is 21.4. The molecule has 0 radical (unpaired) electrons. The first-order valence-electron chi connectivity index (χ1n) is 9.31. The van der Waals surface area contributed by atoms with Crippen LogP contribution in [0.15, 0.2) is 53.4 Å². The number of hydrogen-bond donors (Lipinski definition) is 3. The highest BCUT2D eigenvalue weighted by Crippen LogP contribution is 2.21. The second kappa shape index (κ2) is 10.0. The highest BCUT2D eigenvalue weighted by molar-refractivity contribution is 7.89. The fourth-order valence-electron chi connectivity index (χ4n) is 2.62. The van der Waals surface area contributed by atoms with Crippen LogP contribution in [-0.4, -0.2) is 37.7 Å². The molecule has 0 aromatic heterocycles. The van der Waals surface area contributed by atoms with E-state index in [1.165, 1.54) is 28.6 Å². The normalized spacial score (nSPS) is 11.3. The van der Waals surface area contributed by atoms with E-state index in [0.717, 1.165) is 12.8 Å². The number of anilines is 1. The van der Waals surface area contributed by atoms with Gasteiger partial charge in [-0.25, -0.2) is 13.2 Å². The van der Waals surface area contributed by atoms with Crippen molar-refractivity contribution in [3.63, 3.8) is 0 Å². The van der Waals surface area contributed by atoms with Gasteiger partial charge in [0, 0.05) is 18.8 Å². The van der Waals surface area contributed by atoms with Crippen LogP contribution < -0.4 is 15.8 Å². The number of sulfonamides is 1. The van der Waals surface area contributed by atoms with E-state index in [9.17, 15) is 13.2 Å². The molecule has 8 nitrogen and oxygen atoms in total. The summed E-state index contributed by atoms with van der Waals surface area (Å²) in [6.07, 6.45) is 1.70. The summed E-state index contributed by atoms with van der Waals surface area (Å²) in [5, 5.41) is 9.80. The van der Waals surface area contributed by atoms with Crippen molar-refractivity contribution in [1.29, 1.82) is 5.41 Å². The van der Waals surface area contributed by atoms with Crippen LogP contribution in [-0.2, 0) is 10.0 Å². The maximum atomic E-state index is 12.7. The summed E-state index contributed by atoms with van der Waals surface area (Å²) in [6.45, 7) is 4.69. The lowest BCUT2D eigenvalue weighted by molar-refractivity contribution is 0.0734. The molecule has 0 saturated carbocycles. The van der Waals surface area contributed by atoms with E-state index in [1.54, 1.807) is 31.2 Å². The molecular formula is C20H26N4O4S. The van der Waals surface area contributed by atoms with Gasteiger partial charge in [-0.15, -0.1) is 0 Å². The molecule has 0 amide bonds. The summed E-state index contributed by atoms with van der Waals surface area (Å²) >= 11 is 0. The molecule has 29 heavy (non-hydrogen) atoms. The minimum Gasteiger partial charge on any atom is -0.423 e. The molecule has 0 spiro atoms. The molecule has 0 heterocycles. The number of nitrogens with two attached hydrogens (primary N) is 1. The molecule has 0 unspecified atom stereocenters. The van der Waals surface area contributed by atoms with Gasteiger partial charge in [-0.05, 0) is 55.0 Å². The first kappa shape index (κ1) is 22.4. The fourth-order valence-corrected chi connectivity index (χ4v) is 4.11. The number of esters is 1. The Morgan fingerprint density at radius 2 is 1.72 bits per heavy atom. The van der Waals surface area contributed by atoms with Gasteiger partial charge in [0.25, 0.3) is 0 Å². The summed E-state index contributed by atoms with van der Waals surface area (Å²) < 4.78 is 32.2. The van der Waals surface area contributed by atoms with Gasteiger partial charge in [-0.2, -0.15) is 4.31 Å². The van der Waals surface area contributed by atoms with Crippen molar-refractivity contribution in [3.8, 4) is 5.75 Å². The van der Waals surface area contributed by atoms with Gasteiger partial charge in [0.05, 0.1) is 10.5 Å². The lowest BCUT2D eigenvalue weighted by Gasteiger charge is -2.20. The van der Waals surface area contributed by atoms with Crippen molar-refractivity contribution < 1.29 is 17.9 Å². The van der Waals surface area contributed by atoms with E-state index in [-0.39, 0.29) is 16.6 Å². The number of ether oxygens (including phenoxy) is 1. The molecule has 2 rings (SSSR count). The summed E-state index contributed by atoms with van der Waals surface area (Å²) in [4.78, 5) is 12.4. The number of unbranched alkanes of at least 4 members (excludes halogenated alkanes) is 1. The van der Waals surface area contributed by atoms with Crippen LogP contribution in [0.2, 0.25) is 0 Å². The zero-order valence-corrected chi connectivity index (χ0v) is 17.3. The average molecular weight is 419 g/mol. The SMILES string of the molecule is CCCCN(CC)S(=O)(=O)c1ccc(OC(=O)c2ccc(NC(=N)N)cc2)cc1. The van der Waals surface area contributed by atoms with Gasteiger partial charge in [0.2, 0.25) is 10.0 Å². The number of rotatable bonds is 9. The zero-order valence-electron chi connectivity index (χ0n) is 16.5. The Hall–Kier alpha value is -2.91. The number of nitrogens with zero attached hydrogens (tertiary/aromatic N) is 1. The van der Waals surface area contributed by atoms with Crippen molar-refractivity contribution in [2.45, 2.75) is 31.6 Å². The number of benzene rings is 2. The Labute approximate surface area is 171 Å². The highest BCUT2D eigenvalue weighted by Gasteiger charge is 2.22. The van der Waals surface area contributed by atoms with Crippen LogP contribution in [0, 0.1) is 5.41 Å². The molecule has 0 aliphatic carbocycles. The largest absolute Gasteiger partial charge is 0.423 e. The number of nitrogens with one attached hydrogen (secondary N) is 2. The minimum atomic E-state index is -3.58. The second-order valence-electron chi connectivity index (χ2n) is 6.33. The molecule has 0 bridgehead atoms. The molecule has 156 valence electrons. The molecule has 0 atom stereocenters. The molecule has 9 heteroatoms. The third-order valence-electron chi connectivity index (χ3n) is 4.19. The monoisotopic (exact) mass is 418 g/mol. The predicted octanol–water partition coefficient (Wildman–Crippen LogP) is 3.02. The van der Waals surface area contributed by atoms with Crippen molar-refractivity contribution in [1.82, 2.24) is 4.31 Å². The van der Waals surface area contributed by atoms with Crippen LogP contribution in [0.4, 0.5) is 5.69 Å². The van der Waals surface area contributed by atoms with Gasteiger partial charge in [-0.1, -0.05) is 20.3 Å². The van der Waals surface area contributed by atoms with E-state index in [0.29, 0.717) is 24.3 Å². The van der Waals surface area contributed by atoms with Gasteiger partial charge in [0.15, 0.2) is 5.96 Å². The maximum absolute atomic E-state index is 12.7. The Morgan fingerprint density at radius 3 is 2.24 bits per heavy atom. The summed E-state index contributed by atoms with van der Waals surface area (Å²) in [5.41, 5.74) is 6.14. The molecule has 0 aliphatic heterocycles. The standard InChI is InChI=1S/C20H26N4O4S/c1-3-5-14-24(4-2)29(26,27)18-12-10-17(11-13-18)28-19(25)15-6-8-16(9-7-15)23-20(21)22/h6-13H,3-5,14H2,1-2H3,(H4,21,22,23). The van der Waals surface area contributed by atoms with E-state index in [1.807, 2.05) is 6.92 Å². The first-order valence-corrected chi connectivity index (χ1v) is 10.8. The predicted molar refractivity (Wildman–Crippen MR) is 113 cm³/mol. The Kier molecular flexibility index (Phi) is 7.74. The van der Waals surface area contributed by atoms with Crippen molar-refractivity contribution in [2.75, 3.05) is 18.4 Å². The average Bonchev–Trinajstić information content (AvgIpc) is 2.69. The number of hydrogen-bond acceptors (Lipinski definition) is 5. The summed E-state index contributed by atoms with van der Waals surface area (Å²) in [6, 6.07) is 12.1. The van der Waals surface area contributed by atoms with Crippen molar-refractivity contribution in [2.24, 2.45) is 5.73 Å².